The first-order chi connectivity index (χ1) is 7.17. The monoisotopic (exact) mass is 208 g/mol. The zero-order valence-corrected chi connectivity index (χ0v) is 10.0. The molecule has 2 nitrogen and oxygen atoms in total. The lowest BCUT2D eigenvalue weighted by Gasteiger charge is -2.22. The summed E-state index contributed by atoms with van der Waals surface area (Å²) in [5.74, 6) is 1.73. The van der Waals surface area contributed by atoms with Crippen molar-refractivity contribution in [3.63, 3.8) is 0 Å². The number of hydrogen-bond donors (Lipinski definition) is 0. The largest absolute Gasteiger partial charge is 0.486 e. The minimum absolute atomic E-state index is 0.0499. The molecular weight excluding hydrogens is 188 g/mol. The maximum Gasteiger partial charge on any atom is 0.161 e. The summed E-state index contributed by atoms with van der Waals surface area (Å²) < 4.78 is 11.0. The van der Waals surface area contributed by atoms with E-state index in [1.54, 1.807) is 0 Å². The predicted octanol–water partition coefficient (Wildman–Crippen LogP) is 3.42. The number of ether oxygens (including phenoxy) is 2. The van der Waals surface area contributed by atoms with Gasteiger partial charge in [-0.2, -0.15) is 0 Å². The second-order valence-electron chi connectivity index (χ2n) is 3.92. The third kappa shape index (κ3) is 3.15. The van der Waals surface area contributed by atoms with Crippen molar-refractivity contribution < 1.29 is 9.47 Å². The first kappa shape index (κ1) is 11.9. The molecule has 0 spiro atoms. The van der Waals surface area contributed by atoms with Crippen molar-refractivity contribution in [1.29, 1.82) is 0 Å². The van der Waals surface area contributed by atoms with E-state index in [2.05, 4.69) is 26.0 Å². The summed E-state index contributed by atoms with van der Waals surface area (Å²) in [5.41, 5.74) is 0.0499. The summed E-state index contributed by atoms with van der Waals surface area (Å²) in [7, 11) is 0. The van der Waals surface area contributed by atoms with Crippen molar-refractivity contribution in [2.45, 2.75) is 27.7 Å². The van der Waals surface area contributed by atoms with Gasteiger partial charge in [0.25, 0.3) is 0 Å². The Hall–Kier alpha value is -1.18. The second-order valence-corrected chi connectivity index (χ2v) is 3.92. The van der Waals surface area contributed by atoms with Crippen LogP contribution in [-0.4, -0.2) is 13.2 Å². The summed E-state index contributed by atoms with van der Waals surface area (Å²) in [5, 5.41) is 0. The maximum absolute atomic E-state index is 5.53. The van der Waals surface area contributed by atoms with Crippen LogP contribution in [-0.2, 0) is 9.47 Å². The highest BCUT2D eigenvalue weighted by molar-refractivity contribution is 5.32. The Morgan fingerprint density at radius 2 is 1.67 bits per heavy atom. The summed E-state index contributed by atoms with van der Waals surface area (Å²) in [4.78, 5) is 0. The molecule has 0 radical (unpaired) electrons. The van der Waals surface area contributed by atoms with Crippen molar-refractivity contribution in [3.8, 4) is 0 Å². The van der Waals surface area contributed by atoms with Gasteiger partial charge in [0.15, 0.2) is 11.5 Å². The lowest BCUT2D eigenvalue weighted by atomic mass is 9.93. The highest BCUT2D eigenvalue weighted by Crippen LogP contribution is 2.29. The lowest BCUT2D eigenvalue weighted by molar-refractivity contribution is 0.0583. The molecule has 1 fully saturated rings. The van der Waals surface area contributed by atoms with Gasteiger partial charge in [0.1, 0.15) is 13.2 Å². The molecule has 1 saturated heterocycles. The van der Waals surface area contributed by atoms with Gasteiger partial charge in [-0.15, -0.1) is 0 Å². The Kier molecular flexibility index (Phi) is 4.01. The smallest absolute Gasteiger partial charge is 0.161 e. The molecule has 0 aromatic carbocycles. The number of rotatable bonds is 0. The van der Waals surface area contributed by atoms with Crippen LogP contribution in [0, 0.1) is 5.41 Å². The number of hydrogen-bond acceptors (Lipinski definition) is 2. The molecule has 84 valence electrons. The van der Waals surface area contributed by atoms with E-state index in [-0.39, 0.29) is 5.41 Å². The van der Waals surface area contributed by atoms with Crippen LogP contribution in [0.25, 0.3) is 0 Å². The van der Waals surface area contributed by atoms with Gasteiger partial charge in [0.05, 0.1) is 0 Å². The molecule has 0 bridgehead atoms. The fourth-order valence-corrected chi connectivity index (χ4v) is 1.46. The van der Waals surface area contributed by atoms with Crippen molar-refractivity contribution in [2.75, 3.05) is 13.2 Å². The van der Waals surface area contributed by atoms with Crippen LogP contribution in [0.5, 0.6) is 0 Å². The van der Waals surface area contributed by atoms with E-state index >= 15 is 0 Å². The zero-order chi connectivity index (χ0) is 11.3. The Bertz CT molecular complexity index is 296. The van der Waals surface area contributed by atoms with Crippen LogP contribution in [0.1, 0.15) is 27.7 Å². The van der Waals surface area contributed by atoms with Crippen molar-refractivity contribution in [1.82, 2.24) is 0 Å². The van der Waals surface area contributed by atoms with Crippen LogP contribution in [0.4, 0.5) is 0 Å². The van der Waals surface area contributed by atoms with Crippen LogP contribution in [0.3, 0.4) is 0 Å². The first-order valence-corrected chi connectivity index (χ1v) is 5.56. The van der Waals surface area contributed by atoms with Gasteiger partial charge in [-0.25, -0.2) is 0 Å². The molecule has 0 N–H and O–H groups in total. The molecule has 0 amide bonds. The highest BCUT2D eigenvalue weighted by atomic mass is 16.6. The molecule has 2 heteroatoms. The Morgan fingerprint density at radius 3 is 2.33 bits per heavy atom. The molecule has 0 atom stereocenters. The Morgan fingerprint density at radius 1 is 1.07 bits per heavy atom. The van der Waals surface area contributed by atoms with Crippen LogP contribution in [0.2, 0.25) is 0 Å². The summed E-state index contributed by atoms with van der Waals surface area (Å²) in [6.07, 6.45) is 8.22. The van der Waals surface area contributed by atoms with Crippen LogP contribution in [0.15, 0.2) is 35.8 Å². The summed E-state index contributed by atoms with van der Waals surface area (Å²) in [6, 6.07) is 0. The quantitative estimate of drug-likeness (QED) is 0.607. The van der Waals surface area contributed by atoms with E-state index in [9.17, 15) is 0 Å². The maximum atomic E-state index is 5.53. The second kappa shape index (κ2) is 5.06. The summed E-state index contributed by atoms with van der Waals surface area (Å²) >= 11 is 0. The van der Waals surface area contributed by atoms with Gasteiger partial charge < -0.3 is 9.47 Å². The van der Waals surface area contributed by atoms with Gasteiger partial charge in [0, 0.05) is 5.41 Å². The number of allylic oxidation sites excluding steroid dienone is 4. The topological polar surface area (TPSA) is 18.5 Å². The van der Waals surface area contributed by atoms with Crippen molar-refractivity contribution in [2.24, 2.45) is 5.41 Å². The third-order valence-corrected chi connectivity index (χ3v) is 2.12. The molecule has 0 saturated carbocycles. The molecule has 1 heterocycles. The third-order valence-electron chi connectivity index (χ3n) is 2.12. The van der Waals surface area contributed by atoms with E-state index in [0.29, 0.717) is 13.2 Å². The van der Waals surface area contributed by atoms with Gasteiger partial charge in [-0.05, 0) is 12.2 Å². The minimum atomic E-state index is 0.0499. The molecule has 2 aliphatic rings. The molecule has 1 aliphatic heterocycles. The van der Waals surface area contributed by atoms with Crippen molar-refractivity contribution >= 4 is 0 Å². The average Bonchev–Trinajstić information content (AvgIpc) is 2.37. The van der Waals surface area contributed by atoms with Gasteiger partial charge >= 0.3 is 0 Å². The molecule has 0 unspecified atom stereocenters. The predicted molar refractivity (Wildman–Crippen MR) is 62.3 cm³/mol. The van der Waals surface area contributed by atoms with Gasteiger partial charge in [-0.3, -0.25) is 0 Å². The fourth-order valence-electron chi connectivity index (χ4n) is 1.46. The van der Waals surface area contributed by atoms with E-state index < -0.39 is 0 Å². The zero-order valence-electron chi connectivity index (χ0n) is 10.0. The molecule has 2 rings (SSSR count). The fraction of sp³-hybridized carbons (Fsp3) is 0.538. The SMILES string of the molecule is CC.CC1(C)C=CC=C2OCCOC2=C1. The molecular formula is C13H20O2. The number of fused-ring (bicyclic) bond motifs is 1. The first-order valence-electron chi connectivity index (χ1n) is 5.56. The molecule has 15 heavy (non-hydrogen) atoms. The highest BCUT2D eigenvalue weighted by Gasteiger charge is 2.21. The van der Waals surface area contributed by atoms with E-state index in [4.69, 9.17) is 9.47 Å². The molecule has 0 aromatic heterocycles. The summed E-state index contributed by atoms with van der Waals surface area (Å²) in [6.45, 7) is 9.59. The van der Waals surface area contributed by atoms with E-state index in [1.807, 2.05) is 26.0 Å². The minimum Gasteiger partial charge on any atom is -0.486 e. The van der Waals surface area contributed by atoms with Crippen molar-refractivity contribution in [3.05, 3.63) is 35.8 Å². The normalized spacial score (nSPS) is 21.6. The molecule has 0 aromatic rings. The Balaban J connectivity index is 0.000000531. The van der Waals surface area contributed by atoms with E-state index in [1.165, 1.54) is 0 Å². The van der Waals surface area contributed by atoms with E-state index in [0.717, 1.165) is 11.5 Å². The van der Waals surface area contributed by atoms with Crippen LogP contribution < -0.4 is 0 Å². The standard InChI is InChI=1S/C11H14O2.C2H6/c1-11(2)5-3-4-9-10(8-11)13-7-6-12-9;1-2/h3-5,8H,6-7H2,1-2H3;1-2H3. The van der Waals surface area contributed by atoms with Crippen LogP contribution >= 0.6 is 0 Å². The Labute approximate surface area is 92.3 Å². The van der Waals surface area contributed by atoms with Gasteiger partial charge in [0.2, 0.25) is 0 Å². The average molecular weight is 208 g/mol. The molecule has 1 aliphatic carbocycles. The lowest BCUT2D eigenvalue weighted by Crippen LogP contribution is -2.15. The van der Waals surface area contributed by atoms with Gasteiger partial charge in [-0.1, -0.05) is 39.8 Å².